The first-order chi connectivity index (χ1) is 8.10. The minimum atomic E-state index is -4.07. The fourth-order valence-electron chi connectivity index (χ4n) is 0.971. The van der Waals surface area contributed by atoms with Gasteiger partial charge in [-0.1, -0.05) is 0 Å². The Labute approximate surface area is 107 Å². The van der Waals surface area contributed by atoms with Crippen LogP contribution in [0.15, 0.2) is 0 Å². The molecule has 0 aromatic carbocycles. The van der Waals surface area contributed by atoms with Crippen molar-refractivity contribution < 1.29 is 42.4 Å². The highest BCUT2D eigenvalue weighted by Gasteiger charge is 2.26. The lowest BCUT2D eigenvalue weighted by Gasteiger charge is -2.10. The molecule has 0 atom stereocenters. The SMILES string of the molecule is O=[PH](OCCC[Si](O)(O)O)OCCC[Si](O)(O)O. The molecule has 0 spiro atoms. The van der Waals surface area contributed by atoms with Crippen molar-refractivity contribution in [3.05, 3.63) is 0 Å². The number of rotatable bonds is 10. The minimum Gasteiger partial charge on any atom is -0.390 e. The summed E-state index contributed by atoms with van der Waals surface area (Å²) >= 11 is 0. The molecular weight excluding hydrogens is 303 g/mol. The Hall–Kier alpha value is 0.344. The van der Waals surface area contributed by atoms with Gasteiger partial charge in [0.1, 0.15) is 0 Å². The van der Waals surface area contributed by atoms with E-state index >= 15 is 0 Å². The van der Waals surface area contributed by atoms with Crippen molar-refractivity contribution in [3.63, 3.8) is 0 Å². The lowest BCUT2D eigenvalue weighted by Crippen LogP contribution is -2.34. The van der Waals surface area contributed by atoms with Crippen LogP contribution in [0.5, 0.6) is 0 Å². The zero-order chi connectivity index (χ0) is 14.2. The van der Waals surface area contributed by atoms with Crippen LogP contribution in [0.3, 0.4) is 0 Å². The van der Waals surface area contributed by atoms with Gasteiger partial charge in [0.2, 0.25) is 0 Å². The summed E-state index contributed by atoms with van der Waals surface area (Å²) in [6.07, 6.45) is 0.269. The molecule has 0 aromatic rings. The molecule has 18 heavy (non-hydrogen) atoms. The van der Waals surface area contributed by atoms with Crippen molar-refractivity contribution in [1.29, 1.82) is 0 Å². The maximum absolute atomic E-state index is 11.1. The first kappa shape index (κ1) is 18.3. The Morgan fingerprint density at radius 3 is 1.39 bits per heavy atom. The molecule has 0 unspecified atom stereocenters. The Morgan fingerprint density at radius 1 is 0.778 bits per heavy atom. The average Bonchev–Trinajstić information content (AvgIpc) is 2.17. The number of hydrogen-bond acceptors (Lipinski definition) is 9. The van der Waals surface area contributed by atoms with Crippen LogP contribution in [0.25, 0.3) is 0 Å². The predicted octanol–water partition coefficient (Wildman–Crippen LogP) is -1.98. The summed E-state index contributed by atoms with van der Waals surface area (Å²) in [5, 5.41) is 0. The van der Waals surface area contributed by atoms with Gasteiger partial charge in [-0.25, -0.2) is 0 Å². The second-order valence-corrected chi connectivity index (χ2v) is 8.88. The highest BCUT2D eigenvalue weighted by atomic mass is 31.1. The van der Waals surface area contributed by atoms with Crippen LogP contribution in [-0.4, -0.2) is 59.6 Å². The van der Waals surface area contributed by atoms with Crippen molar-refractivity contribution in [2.45, 2.75) is 24.9 Å². The summed E-state index contributed by atoms with van der Waals surface area (Å²) in [6, 6.07) is -0.425. The van der Waals surface area contributed by atoms with E-state index in [1.165, 1.54) is 0 Å². The van der Waals surface area contributed by atoms with Gasteiger partial charge in [-0.15, -0.1) is 0 Å². The van der Waals surface area contributed by atoms with Gasteiger partial charge < -0.3 is 37.8 Å². The molecule has 0 aliphatic carbocycles. The van der Waals surface area contributed by atoms with Crippen LogP contribution in [0, 0.1) is 0 Å². The standard InChI is InChI=1S/C6H19O9PSi2/c7-16(14-3-1-5-17(8,9)10)15-4-2-6-18(11,12)13/h8-13,16H,1-6H2. The molecule has 0 heterocycles. The third kappa shape index (κ3) is 14.4. The molecule has 110 valence electrons. The van der Waals surface area contributed by atoms with E-state index in [0.717, 1.165) is 0 Å². The molecule has 0 bridgehead atoms. The Morgan fingerprint density at radius 2 is 1.11 bits per heavy atom. The monoisotopic (exact) mass is 322 g/mol. The average molecular weight is 322 g/mol. The molecule has 9 nitrogen and oxygen atoms in total. The van der Waals surface area contributed by atoms with Gasteiger partial charge in [0.25, 0.3) is 0 Å². The van der Waals surface area contributed by atoms with E-state index in [4.69, 9.17) is 37.8 Å². The summed E-state index contributed by atoms with van der Waals surface area (Å²) in [4.78, 5) is 52.0. The van der Waals surface area contributed by atoms with Gasteiger partial charge in [0.05, 0.1) is 13.2 Å². The van der Waals surface area contributed by atoms with E-state index in [-0.39, 0.29) is 38.1 Å². The van der Waals surface area contributed by atoms with Crippen molar-refractivity contribution >= 4 is 25.9 Å². The smallest absolute Gasteiger partial charge is 0.390 e. The second kappa shape index (κ2) is 8.50. The van der Waals surface area contributed by atoms with E-state index in [0.29, 0.717) is 0 Å². The van der Waals surface area contributed by atoms with E-state index < -0.39 is 25.9 Å². The van der Waals surface area contributed by atoms with Crippen molar-refractivity contribution in [3.8, 4) is 0 Å². The minimum absolute atomic E-state index is 0.0487. The molecule has 0 saturated heterocycles. The number of hydrogen-bond donors (Lipinski definition) is 6. The quantitative estimate of drug-likeness (QED) is 0.152. The largest absolute Gasteiger partial charge is 0.492 e. The predicted molar refractivity (Wildman–Crippen MR) is 64.6 cm³/mol. The highest BCUT2D eigenvalue weighted by molar-refractivity contribution is 7.33. The normalized spacial score (nSPS) is 13.3. The van der Waals surface area contributed by atoms with Crippen LogP contribution in [0.4, 0.5) is 0 Å². The van der Waals surface area contributed by atoms with Crippen molar-refractivity contribution in [2.75, 3.05) is 13.2 Å². The molecule has 12 heteroatoms. The van der Waals surface area contributed by atoms with Crippen LogP contribution >= 0.6 is 8.25 Å². The summed E-state index contributed by atoms with van der Waals surface area (Å²) in [5.74, 6) is 0. The molecular formula is C6H19O9PSi2. The van der Waals surface area contributed by atoms with E-state index in [2.05, 4.69) is 0 Å². The molecule has 0 rings (SSSR count). The first-order valence-electron chi connectivity index (χ1n) is 5.24. The summed E-state index contributed by atoms with van der Waals surface area (Å²) < 4.78 is 20.5. The third-order valence-electron chi connectivity index (χ3n) is 1.75. The summed E-state index contributed by atoms with van der Waals surface area (Å²) in [6.45, 7) is -0.0974. The Balaban J connectivity index is 3.44. The zero-order valence-corrected chi connectivity index (χ0v) is 12.7. The first-order valence-corrected chi connectivity index (χ1v) is 10.6. The third-order valence-corrected chi connectivity index (χ3v) is 4.68. The van der Waals surface area contributed by atoms with Gasteiger partial charge >= 0.3 is 25.9 Å². The van der Waals surface area contributed by atoms with E-state index in [9.17, 15) is 4.57 Å². The molecule has 0 aliphatic heterocycles. The lowest BCUT2D eigenvalue weighted by atomic mass is 10.5. The molecule has 0 aromatic heterocycles. The van der Waals surface area contributed by atoms with Crippen LogP contribution in [0.1, 0.15) is 12.8 Å². The summed E-state index contributed by atoms with van der Waals surface area (Å²) in [7, 11) is -10.9. The van der Waals surface area contributed by atoms with Gasteiger partial charge in [-0.05, 0) is 12.8 Å². The molecule has 0 saturated carbocycles. The van der Waals surface area contributed by atoms with Crippen LogP contribution in [-0.2, 0) is 13.6 Å². The fraction of sp³-hybridized carbons (Fsp3) is 1.00. The molecule has 0 fully saturated rings. The van der Waals surface area contributed by atoms with Gasteiger partial charge in [0, 0.05) is 12.1 Å². The van der Waals surface area contributed by atoms with Crippen molar-refractivity contribution in [2.24, 2.45) is 0 Å². The Kier molecular flexibility index (Phi) is 8.66. The van der Waals surface area contributed by atoms with Gasteiger partial charge in [0.15, 0.2) is 0 Å². The maximum Gasteiger partial charge on any atom is 0.492 e. The molecule has 6 N–H and O–H groups in total. The fourth-order valence-corrected chi connectivity index (χ4v) is 2.91. The van der Waals surface area contributed by atoms with Gasteiger partial charge in [-0.2, -0.15) is 0 Å². The summed E-state index contributed by atoms with van der Waals surface area (Å²) in [5.41, 5.74) is 0. The topological polar surface area (TPSA) is 157 Å². The van der Waals surface area contributed by atoms with E-state index in [1.807, 2.05) is 0 Å². The maximum atomic E-state index is 11.1. The highest BCUT2D eigenvalue weighted by Crippen LogP contribution is 2.25. The molecule has 0 amide bonds. The lowest BCUT2D eigenvalue weighted by molar-refractivity contribution is 0.199. The zero-order valence-electron chi connectivity index (χ0n) is 9.65. The second-order valence-electron chi connectivity index (χ2n) is 3.70. The van der Waals surface area contributed by atoms with Crippen molar-refractivity contribution in [1.82, 2.24) is 0 Å². The Bertz CT molecular complexity index is 226. The molecule has 0 aliphatic rings. The van der Waals surface area contributed by atoms with Crippen LogP contribution < -0.4 is 0 Å². The van der Waals surface area contributed by atoms with E-state index in [1.54, 1.807) is 0 Å². The molecule has 0 radical (unpaired) electrons. The van der Waals surface area contributed by atoms with Crippen LogP contribution in [0.2, 0.25) is 12.1 Å². The van der Waals surface area contributed by atoms with Gasteiger partial charge in [-0.3, -0.25) is 4.57 Å².